The van der Waals surface area contributed by atoms with E-state index in [0.717, 1.165) is 36.3 Å². The number of hydrogen-bond acceptors (Lipinski definition) is 2. The molecule has 3 heteroatoms. The number of oxazole rings is 1. The van der Waals surface area contributed by atoms with Crippen LogP contribution in [0.3, 0.4) is 0 Å². The fourth-order valence-electron chi connectivity index (χ4n) is 2.27. The summed E-state index contributed by atoms with van der Waals surface area (Å²) in [5.74, 6) is 0.807. The van der Waals surface area contributed by atoms with Crippen LogP contribution in [0, 0.1) is 0 Å². The number of hydrogen-bond donors (Lipinski definition) is 0. The molecular weight excluding hydrogens is 314 g/mol. The number of nitrogens with zero attached hydrogens (tertiary/aromatic N) is 1. The Labute approximate surface area is 127 Å². The van der Waals surface area contributed by atoms with Crippen LogP contribution in [0.25, 0.3) is 11.1 Å². The highest BCUT2D eigenvalue weighted by atomic mass is 79.9. The molecule has 0 spiro atoms. The van der Waals surface area contributed by atoms with Gasteiger partial charge in [-0.2, -0.15) is 0 Å². The zero-order chi connectivity index (χ0) is 13.8. The van der Waals surface area contributed by atoms with Gasteiger partial charge in [0.25, 0.3) is 0 Å². The minimum Gasteiger partial charge on any atom is -0.441 e. The lowest BCUT2D eigenvalue weighted by Gasteiger charge is -2.07. The molecule has 0 N–H and O–H groups in total. The van der Waals surface area contributed by atoms with Gasteiger partial charge in [0.2, 0.25) is 0 Å². The van der Waals surface area contributed by atoms with E-state index in [1.807, 2.05) is 30.3 Å². The summed E-state index contributed by atoms with van der Waals surface area (Å²) in [6.07, 6.45) is 2.96. The monoisotopic (exact) mass is 329 g/mol. The lowest BCUT2D eigenvalue weighted by molar-refractivity contribution is 0.520. The second-order valence-electron chi connectivity index (χ2n) is 4.90. The van der Waals surface area contributed by atoms with Crippen LogP contribution in [-0.4, -0.2) is 9.81 Å². The van der Waals surface area contributed by atoms with E-state index in [1.54, 1.807) is 0 Å². The molecule has 0 radical (unpaired) electrons. The average Bonchev–Trinajstić information content (AvgIpc) is 2.88. The van der Waals surface area contributed by atoms with Crippen LogP contribution in [0.4, 0.5) is 0 Å². The molecule has 0 bridgehead atoms. The van der Waals surface area contributed by atoms with Crippen molar-refractivity contribution >= 4 is 27.0 Å². The molecule has 1 unspecified atom stereocenters. The third kappa shape index (κ3) is 3.28. The van der Waals surface area contributed by atoms with Crippen LogP contribution < -0.4 is 0 Å². The number of fused-ring (bicyclic) bond motifs is 1. The molecule has 0 aliphatic carbocycles. The average molecular weight is 330 g/mol. The van der Waals surface area contributed by atoms with Crippen molar-refractivity contribution in [3.63, 3.8) is 0 Å². The van der Waals surface area contributed by atoms with Crippen LogP contribution >= 0.6 is 15.9 Å². The number of aryl methyl sites for hydroxylation is 1. The van der Waals surface area contributed by atoms with Gasteiger partial charge in [-0.15, -0.1) is 0 Å². The second-order valence-corrected chi connectivity index (χ2v) is 6.20. The molecule has 1 atom stereocenters. The maximum absolute atomic E-state index is 5.75. The van der Waals surface area contributed by atoms with E-state index in [4.69, 9.17) is 4.42 Å². The quantitative estimate of drug-likeness (QED) is 0.630. The molecule has 0 aliphatic rings. The Morgan fingerprint density at radius 3 is 2.55 bits per heavy atom. The van der Waals surface area contributed by atoms with Crippen LogP contribution in [-0.2, 0) is 12.8 Å². The van der Waals surface area contributed by atoms with Crippen molar-refractivity contribution in [1.29, 1.82) is 0 Å². The van der Waals surface area contributed by atoms with E-state index in [2.05, 4.69) is 45.2 Å². The Balaban J connectivity index is 1.59. The molecule has 0 amide bonds. The maximum Gasteiger partial charge on any atom is 0.196 e. The minimum absolute atomic E-state index is 0.385. The van der Waals surface area contributed by atoms with E-state index in [1.165, 1.54) is 5.56 Å². The first-order valence-corrected chi connectivity index (χ1v) is 7.75. The molecule has 2 aromatic carbocycles. The van der Waals surface area contributed by atoms with Gasteiger partial charge in [-0.05, 0) is 30.5 Å². The van der Waals surface area contributed by atoms with Gasteiger partial charge in [0.1, 0.15) is 5.52 Å². The lowest BCUT2D eigenvalue weighted by atomic mass is 10.1. The van der Waals surface area contributed by atoms with Crippen molar-refractivity contribution in [2.75, 3.05) is 0 Å². The lowest BCUT2D eigenvalue weighted by Crippen LogP contribution is -2.04. The highest BCUT2D eigenvalue weighted by Gasteiger charge is 2.11. The molecule has 3 aromatic rings. The third-order valence-electron chi connectivity index (χ3n) is 3.32. The van der Waals surface area contributed by atoms with Crippen LogP contribution in [0.1, 0.15) is 17.9 Å². The van der Waals surface area contributed by atoms with Crippen molar-refractivity contribution < 1.29 is 4.42 Å². The SMILES string of the molecule is BrC(CCc1ccccc1)Cc1nc2ccccc2o1. The van der Waals surface area contributed by atoms with E-state index in [0.29, 0.717) is 4.83 Å². The first-order chi connectivity index (χ1) is 9.81. The Kier molecular flexibility index (Phi) is 4.16. The normalized spacial score (nSPS) is 12.7. The van der Waals surface area contributed by atoms with Crippen molar-refractivity contribution in [2.45, 2.75) is 24.1 Å². The van der Waals surface area contributed by atoms with Gasteiger partial charge in [0.15, 0.2) is 11.5 Å². The molecule has 2 nitrogen and oxygen atoms in total. The number of rotatable bonds is 5. The standard InChI is InChI=1S/C17H16BrNO/c18-14(11-10-13-6-2-1-3-7-13)12-17-19-15-8-4-5-9-16(15)20-17/h1-9,14H,10-12H2. The fourth-order valence-corrected chi connectivity index (χ4v) is 2.77. The molecular formula is C17H16BrNO. The fraction of sp³-hybridized carbons (Fsp3) is 0.235. The topological polar surface area (TPSA) is 26.0 Å². The molecule has 0 saturated carbocycles. The number of alkyl halides is 1. The molecule has 0 aliphatic heterocycles. The first kappa shape index (κ1) is 13.4. The molecule has 0 fully saturated rings. The predicted octanol–water partition coefficient (Wildman–Crippen LogP) is 4.77. The van der Waals surface area contributed by atoms with E-state index < -0.39 is 0 Å². The number of aromatic nitrogens is 1. The Morgan fingerprint density at radius 1 is 1.00 bits per heavy atom. The van der Waals surface area contributed by atoms with Gasteiger partial charge in [-0.3, -0.25) is 0 Å². The van der Waals surface area contributed by atoms with Gasteiger partial charge in [-0.1, -0.05) is 58.4 Å². The smallest absolute Gasteiger partial charge is 0.196 e. The summed E-state index contributed by atoms with van der Waals surface area (Å²) in [6, 6.07) is 18.4. The van der Waals surface area contributed by atoms with E-state index >= 15 is 0 Å². The minimum atomic E-state index is 0.385. The molecule has 20 heavy (non-hydrogen) atoms. The Bertz CT molecular complexity index is 645. The molecule has 1 heterocycles. The van der Waals surface area contributed by atoms with Crippen LogP contribution in [0.5, 0.6) is 0 Å². The second kappa shape index (κ2) is 6.23. The summed E-state index contributed by atoms with van der Waals surface area (Å²) in [6.45, 7) is 0. The summed E-state index contributed by atoms with van der Waals surface area (Å²) in [7, 11) is 0. The molecule has 1 aromatic heterocycles. The zero-order valence-corrected chi connectivity index (χ0v) is 12.7. The van der Waals surface area contributed by atoms with Crippen LogP contribution in [0.2, 0.25) is 0 Å². The van der Waals surface area contributed by atoms with Gasteiger partial charge >= 0.3 is 0 Å². The van der Waals surface area contributed by atoms with Crippen molar-refractivity contribution in [3.8, 4) is 0 Å². The number of benzene rings is 2. The highest BCUT2D eigenvalue weighted by molar-refractivity contribution is 9.09. The summed E-state index contributed by atoms with van der Waals surface area (Å²) >= 11 is 3.73. The largest absolute Gasteiger partial charge is 0.441 e. The summed E-state index contributed by atoms with van der Waals surface area (Å²) in [4.78, 5) is 4.90. The van der Waals surface area contributed by atoms with Crippen molar-refractivity contribution in [1.82, 2.24) is 4.98 Å². The number of para-hydroxylation sites is 2. The molecule has 0 saturated heterocycles. The van der Waals surface area contributed by atoms with Crippen LogP contribution in [0.15, 0.2) is 59.0 Å². The molecule has 3 rings (SSSR count). The van der Waals surface area contributed by atoms with Gasteiger partial charge in [0.05, 0.1) is 0 Å². The van der Waals surface area contributed by atoms with Crippen molar-refractivity contribution in [3.05, 3.63) is 66.1 Å². The van der Waals surface area contributed by atoms with E-state index in [-0.39, 0.29) is 0 Å². The summed E-state index contributed by atoms with van der Waals surface area (Å²) in [5.41, 5.74) is 3.17. The van der Waals surface area contributed by atoms with E-state index in [9.17, 15) is 0 Å². The van der Waals surface area contributed by atoms with Gasteiger partial charge < -0.3 is 4.42 Å². The Hall–Kier alpha value is -1.61. The molecule has 102 valence electrons. The maximum atomic E-state index is 5.75. The Morgan fingerprint density at radius 2 is 1.75 bits per heavy atom. The summed E-state index contributed by atoms with van der Waals surface area (Å²) < 4.78 is 5.75. The van der Waals surface area contributed by atoms with Gasteiger partial charge in [0, 0.05) is 11.2 Å². The number of halogens is 1. The highest BCUT2D eigenvalue weighted by Crippen LogP contribution is 2.20. The third-order valence-corrected chi connectivity index (χ3v) is 4.10. The van der Waals surface area contributed by atoms with Gasteiger partial charge in [-0.25, -0.2) is 4.98 Å². The zero-order valence-electron chi connectivity index (χ0n) is 11.1. The summed E-state index contributed by atoms with van der Waals surface area (Å²) in [5, 5.41) is 0. The first-order valence-electron chi connectivity index (χ1n) is 6.84. The van der Waals surface area contributed by atoms with Crippen molar-refractivity contribution in [2.24, 2.45) is 0 Å². The predicted molar refractivity (Wildman–Crippen MR) is 85.2 cm³/mol.